The Bertz CT molecular complexity index is 572. The van der Waals surface area contributed by atoms with Gasteiger partial charge in [-0.15, -0.1) is 0 Å². The highest BCUT2D eigenvalue weighted by atomic mass is 16.5. The summed E-state index contributed by atoms with van der Waals surface area (Å²) in [5.41, 5.74) is 0. The van der Waals surface area contributed by atoms with Crippen LogP contribution in [0, 0.1) is 41.4 Å². The lowest BCUT2D eigenvalue weighted by Gasteiger charge is -2.36. The number of ketones is 2. The van der Waals surface area contributed by atoms with Crippen molar-refractivity contribution in [3.63, 3.8) is 0 Å². The highest BCUT2D eigenvalue weighted by molar-refractivity contribution is 5.82. The molecule has 2 saturated carbocycles. The predicted molar refractivity (Wildman–Crippen MR) is 147 cm³/mol. The third kappa shape index (κ3) is 11.9. The van der Waals surface area contributed by atoms with E-state index in [1.807, 2.05) is 0 Å². The molecule has 0 aromatic heterocycles. The second-order valence-corrected chi connectivity index (χ2v) is 11.9. The maximum absolute atomic E-state index is 12.4. The monoisotopic (exact) mass is 494 g/mol. The average molecular weight is 495 g/mol. The number of hydrogen-bond acceptors (Lipinski definition) is 4. The van der Waals surface area contributed by atoms with Crippen LogP contribution in [0.4, 0.5) is 0 Å². The zero-order chi connectivity index (χ0) is 26.2. The van der Waals surface area contributed by atoms with Crippen LogP contribution < -0.4 is 0 Å². The van der Waals surface area contributed by atoms with E-state index in [0.29, 0.717) is 53.0 Å². The van der Waals surface area contributed by atoms with E-state index in [0.717, 1.165) is 45.3 Å². The number of methoxy groups -OCH3 is 2. The molecule has 0 bridgehead atoms. The first kappa shape index (κ1) is 32.3. The Kier molecular flexibility index (Phi) is 17.1. The van der Waals surface area contributed by atoms with Crippen LogP contribution in [0.3, 0.4) is 0 Å². The zero-order valence-electron chi connectivity index (χ0n) is 24.3. The van der Waals surface area contributed by atoms with Crippen molar-refractivity contribution in [3.8, 4) is 0 Å². The molecule has 2 aliphatic carbocycles. The van der Waals surface area contributed by atoms with Crippen molar-refractivity contribution in [1.29, 1.82) is 0 Å². The Morgan fingerprint density at radius 3 is 1.69 bits per heavy atom. The van der Waals surface area contributed by atoms with Crippen LogP contribution in [0.5, 0.6) is 0 Å². The van der Waals surface area contributed by atoms with Crippen molar-refractivity contribution >= 4 is 11.6 Å². The molecule has 0 aromatic carbocycles. The molecule has 2 rings (SSSR count). The number of rotatable bonds is 14. The largest absolute Gasteiger partial charge is 0.385 e. The molecule has 0 heterocycles. The summed E-state index contributed by atoms with van der Waals surface area (Å²) >= 11 is 0. The van der Waals surface area contributed by atoms with E-state index in [1.54, 1.807) is 14.2 Å². The Labute approximate surface area is 217 Å². The molecule has 2 aliphatic rings. The van der Waals surface area contributed by atoms with Crippen LogP contribution in [0.25, 0.3) is 0 Å². The van der Waals surface area contributed by atoms with Gasteiger partial charge in [-0.3, -0.25) is 9.59 Å². The van der Waals surface area contributed by atoms with Crippen molar-refractivity contribution in [2.75, 3.05) is 27.4 Å². The lowest BCUT2D eigenvalue weighted by molar-refractivity contribution is -0.129. The molecule has 0 amide bonds. The van der Waals surface area contributed by atoms with Gasteiger partial charge in [-0.1, -0.05) is 73.1 Å². The first-order valence-electron chi connectivity index (χ1n) is 14.8. The minimum atomic E-state index is 0.293. The summed E-state index contributed by atoms with van der Waals surface area (Å²) in [6, 6.07) is 0. The molecular formula is C31H58O4. The number of unbranched alkanes of at least 4 members (excludes halogenated alkanes) is 2. The molecule has 4 nitrogen and oxygen atoms in total. The molecule has 0 radical (unpaired) electrons. The van der Waals surface area contributed by atoms with Gasteiger partial charge in [0.05, 0.1) is 0 Å². The first-order chi connectivity index (χ1) is 16.8. The van der Waals surface area contributed by atoms with Crippen LogP contribution in [-0.2, 0) is 19.1 Å². The van der Waals surface area contributed by atoms with E-state index in [4.69, 9.17) is 9.47 Å². The molecule has 35 heavy (non-hydrogen) atoms. The normalized spacial score (nSPS) is 28.9. The van der Waals surface area contributed by atoms with E-state index in [-0.39, 0.29) is 0 Å². The van der Waals surface area contributed by atoms with Gasteiger partial charge in [0.25, 0.3) is 0 Å². The number of Topliss-reactive ketones (excluding diaryl/α,β-unsaturated/α-hetero) is 2. The van der Waals surface area contributed by atoms with Gasteiger partial charge in [-0.05, 0) is 61.7 Å². The van der Waals surface area contributed by atoms with Gasteiger partial charge < -0.3 is 9.47 Å². The molecule has 0 spiro atoms. The minimum absolute atomic E-state index is 0.293. The summed E-state index contributed by atoms with van der Waals surface area (Å²) in [6.45, 7) is 12.6. The van der Waals surface area contributed by atoms with E-state index in [9.17, 15) is 9.59 Å². The maximum Gasteiger partial charge on any atom is 0.136 e. The SMILES string of the molecule is CCCCCC(=O)C1C(C)CCCC1CCOC.COCCC1CCCC(C)C1C(=O)CC(C)C. The van der Waals surface area contributed by atoms with E-state index in [2.05, 4.69) is 34.6 Å². The highest BCUT2D eigenvalue weighted by Gasteiger charge is 2.36. The Morgan fingerprint density at radius 2 is 1.26 bits per heavy atom. The zero-order valence-corrected chi connectivity index (χ0v) is 24.3. The van der Waals surface area contributed by atoms with Gasteiger partial charge in [0.2, 0.25) is 0 Å². The number of hydrogen-bond donors (Lipinski definition) is 0. The third-order valence-electron chi connectivity index (χ3n) is 8.48. The van der Waals surface area contributed by atoms with Gasteiger partial charge in [-0.25, -0.2) is 0 Å². The molecular weight excluding hydrogens is 436 g/mol. The number of ether oxygens (including phenoxy) is 2. The van der Waals surface area contributed by atoms with Crippen LogP contribution in [0.1, 0.15) is 118 Å². The Hall–Kier alpha value is -0.740. The molecule has 4 heteroatoms. The summed E-state index contributed by atoms with van der Waals surface area (Å²) in [5.74, 6) is 4.39. The van der Waals surface area contributed by atoms with Gasteiger partial charge in [0.15, 0.2) is 0 Å². The van der Waals surface area contributed by atoms with Gasteiger partial charge in [0, 0.05) is 52.1 Å². The molecule has 6 atom stereocenters. The Balaban J connectivity index is 0.000000351. The second kappa shape index (κ2) is 18.5. The van der Waals surface area contributed by atoms with Gasteiger partial charge in [-0.2, -0.15) is 0 Å². The summed E-state index contributed by atoms with van der Waals surface area (Å²) in [4.78, 5) is 24.8. The standard InChI is InChI=1S/C16H30O2.C15H28O2/c1-4-5-6-10-15(17)16-13(2)8-7-9-14(16)11-12-18-3;1-11(2)10-14(16)15-12(3)6-5-7-13(15)8-9-17-4/h13-14,16H,4-12H2,1-3H3;11-13,15H,5-10H2,1-4H3. The molecule has 0 saturated heterocycles. The van der Waals surface area contributed by atoms with Crippen LogP contribution in [0.2, 0.25) is 0 Å². The average Bonchev–Trinajstić information content (AvgIpc) is 2.81. The first-order valence-corrected chi connectivity index (χ1v) is 14.8. The molecule has 206 valence electrons. The van der Waals surface area contributed by atoms with Gasteiger partial charge >= 0.3 is 0 Å². The van der Waals surface area contributed by atoms with E-state index in [1.165, 1.54) is 51.4 Å². The summed E-state index contributed by atoms with van der Waals surface area (Å²) < 4.78 is 10.4. The fourth-order valence-electron chi connectivity index (χ4n) is 6.65. The second-order valence-electron chi connectivity index (χ2n) is 11.9. The van der Waals surface area contributed by atoms with Crippen LogP contribution in [0.15, 0.2) is 0 Å². The van der Waals surface area contributed by atoms with Gasteiger partial charge in [0.1, 0.15) is 11.6 Å². The van der Waals surface area contributed by atoms with E-state index < -0.39 is 0 Å². The lowest BCUT2D eigenvalue weighted by atomic mass is 9.68. The quantitative estimate of drug-likeness (QED) is 0.230. The summed E-state index contributed by atoms with van der Waals surface area (Å²) in [7, 11) is 3.50. The topological polar surface area (TPSA) is 52.6 Å². The van der Waals surface area contributed by atoms with Crippen molar-refractivity contribution in [2.45, 2.75) is 118 Å². The highest BCUT2D eigenvalue weighted by Crippen LogP contribution is 2.39. The van der Waals surface area contributed by atoms with Crippen LogP contribution >= 0.6 is 0 Å². The number of carbonyl (C=O) groups excluding carboxylic acids is 2. The molecule has 0 aromatic rings. The molecule has 2 fully saturated rings. The van der Waals surface area contributed by atoms with Crippen molar-refractivity contribution in [2.24, 2.45) is 41.4 Å². The van der Waals surface area contributed by atoms with Crippen molar-refractivity contribution in [1.82, 2.24) is 0 Å². The molecule has 0 N–H and O–H groups in total. The summed E-state index contributed by atoms with van der Waals surface area (Å²) in [6.07, 6.45) is 14.6. The molecule has 0 aliphatic heterocycles. The smallest absolute Gasteiger partial charge is 0.136 e. The summed E-state index contributed by atoms with van der Waals surface area (Å²) in [5, 5.41) is 0. The maximum atomic E-state index is 12.4. The lowest BCUT2D eigenvalue weighted by Crippen LogP contribution is -2.34. The molecule has 6 unspecified atom stereocenters. The third-order valence-corrected chi connectivity index (χ3v) is 8.48. The fraction of sp³-hybridized carbons (Fsp3) is 0.935. The van der Waals surface area contributed by atoms with Crippen molar-refractivity contribution in [3.05, 3.63) is 0 Å². The van der Waals surface area contributed by atoms with Crippen LogP contribution in [-0.4, -0.2) is 39.0 Å². The fourth-order valence-corrected chi connectivity index (χ4v) is 6.65. The van der Waals surface area contributed by atoms with E-state index >= 15 is 0 Å². The van der Waals surface area contributed by atoms with Crippen molar-refractivity contribution < 1.29 is 19.1 Å². The minimum Gasteiger partial charge on any atom is -0.385 e. The number of carbonyl (C=O) groups is 2. The predicted octanol–water partition coefficient (Wildman–Crippen LogP) is 7.92. The Morgan fingerprint density at radius 1 is 0.771 bits per heavy atom.